The first kappa shape index (κ1) is 13.7. The number of aromatic hydroxyl groups is 2. The number of aliphatic imine (C=N–C) groups is 1. The average Bonchev–Trinajstić information content (AvgIpc) is 2.59. The van der Waals surface area contributed by atoms with Crippen molar-refractivity contribution in [1.29, 1.82) is 0 Å². The van der Waals surface area contributed by atoms with Crippen LogP contribution in [0, 0.1) is 0 Å². The number of nitrogens with two attached hydrogens (primary N) is 2. The maximum absolute atomic E-state index is 11.1. The van der Waals surface area contributed by atoms with Gasteiger partial charge in [-0.2, -0.15) is 0 Å². The Morgan fingerprint density at radius 3 is 2.33 bits per heavy atom. The molecule has 0 bridgehead atoms. The summed E-state index contributed by atoms with van der Waals surface area (Å²) in [6.45, 7) is 0.287. The minimum atomic E-state index is -1.15. The van der Waals surface area contributed by atoms with E-state index in [4.69, 9.17) is 16.6 Å². The van der Waals surface area contributed by atoms with Gasteiger partial charge in [-0.05, 0) is 12.8 Å². The zero-order chi connectivity index (χ0) is 13.7. The van der Waals surface area contributed by atoms with E-state index >= 15 is 0 Å². The summed E-state index contributed by atoms with van der Waals surface area (Å²) in [6.07, 6.45) is 0.591. The Kier molecular flexibility index (Phi) is 4.41. The van der Waals surface area contributed by atoms with Crippen molar-refractivity contribution >= 4 is 11.9 Å². The predicted octanol–water partition coefficient (Wildman–Crippen LogP) is -0.421. The Morgan fingerprint density at radius 2 is 1.89 bits per heavy atom. The molecule has 8 nitrogen and oxygen atoms in total. The van der Waals surface area contributed by atoms with Crippen LogP contribution in [0.4, 0.5) is 0 Å². The van der Waals surface area contributed by atoms with E-state index in [-0.39, 0.29) is 30.7 Å². The topological polar surface area (TPSA) is 147 Å². The third-order valence-electron chi connectivity index (χ3n) is 2.40. The molecule has 0 aliphatic carbocycles. The number of carbonyl (C=O) groups is 1. The second-order valence-corrected chi connectivity index (χ2v) is 3.72. The van der Waals surface area contributed by atoms with E-state index in [2.05, 4.69) is 4.99 Å². The maximum atomic E-state index is 11.1. The van der Waals surface area contributed by atoms with Gasteiger partial charge in [0.25, 0.3) is 0 Å². The van der Waals surface area contributed by atoms with Crippen LogP contribution < -0.4 is 11.5 Å². The van der Waals surface area contributed by atoms with Crippen LogP contribution in [0.25, 0.3) is 0 Å². The van der Waals surface area contributed by atoms with Crippen molar-refractivity contribution in [3.63, 3.8) is 0 Å². The van der Waals surface area contributed by atoms with Crippen LogP contribution in [-0.4, -0.2) is 38.4 Å². The number of carboxylic acid groups (broad SMARTS) is 1. The molecule has 0 fully saturated rings. The zero-order valence-corrected chi connectivity index (χ0v) is 9.65. The third kappa shape index (κ3) is 3.30. The van der Waals surface area contributed by atoms with Crippen LogP contribution in [0.3, 0.4) is 0 Å². The molecule has 1 aromatic rings. The fourth-order valence-electron chi connectivity index (χ4n) is 1.60. The molecule has 0 amide bonds. The van der Waals surface area contributed by atoms with Crippen molar-refractivity contribution < 1.29 is 20.1 Å². The summed E-state index contributed by atoms with van der Waals surface area (Å²) in [7, 11) is 0. The SMILES string of the molecule is NC(N)=NCCC[C@@H](C(=O)O)n1c(O)ccc1O. The quantitative estimate of drug-likeness (QED) is 0.265. The number of rotatable bonds is 6. The maximum Gasteiger partial charge on any atom is 0.326 e. The standard InChI is InChI=1S/C10H16N4O4/c11-10(12)13-5-1-2-6(9(17)18)14-7(15)3-4-8(14)16/h3-4,6,15-16H,1-2,5H2,(H,17,18)(H4,11,12,13)/t6-/m0/s1. The zero-order valence-electron chi connectivity index (χ0n) is 9.65. The van der Waals surface area contributed by atoms with Gasteiger partial charge in [0.2, 0.25) is 0 Å². The number of aromatic nitrogens is 1. The van der Waals surface area contributed by atoms with Crippen molar-refractivity contribution in [3.05, 3.63) is 12.1 Å². The largest absolute Gasteiger partial charge is 0.494 e. The van der Waals surface area contributed by atoms with Gasteiger partial charge in [-0.1, -0.05) is 0 Å². The molecule has 18 heavy (non-hydrogen) atoms. The molecule has 1 rings (SSSR count). The Morgan fingerprint density at radius 1 is 1.33 bits per heavy atom. The van der Waals surface area contributed by atoms with Crippen LogP contribution in [0.15, 0.2) is 17.1 Å². The lowest BCUT2D eigenvalue weighted by atomic mass is 10.1. The molecule has 7 N–H and O–H groups in total. The molecule has 1 aromatic heterocycles. The molecule has 1 atom stereocenters. The highest BCUT2D eigenvalue weighted by Crippen LogP contribution is 2.29. The summed E-state index contributed by atoms with van der Waals surface area (Å²) < 4.78 is 0.942. The van der Waals surface area contributed by atoms with E-state index in [0.29, 0.717) is 6.42 Å². The first-order valence-electron chi connectivity index (χ1n) is 5.31. The number of hydrogen-bond donors (Lipinski definition) is 5. The highest BCUT2D eigenvalue weighted by molar-refractivity contribution is 5.75. The Balaban J connectivity index is 2.73. The van der Waals surface area contributed by atoms with Gasteiger partial charge in [0, 0.05) is 18.7 Å². The Labute approximate surface area is 103 Å². The molecule has 0 aliphatic rings. The fourth-order valence-corrected chi connectivity index (χ4v) is 1.60. The van der Waals surface area contributed by atoms with Gasteiger partial charge in [-0.25, -0.2) is 4.79 Å². The fraction of sp³-hybridized carbons (Fsp3) is 0.400. The van der Waals surface area contributed by atoms with E-state index in [0.717, 1.165) is 4.57 Å². The number of carboxylic acids is 1. The van der Waals surface area contributed by atoms with E-state index in [1.165, 1.54) is 12.1 Å². The molecule has 0 saturated carbocycles. The lowest BCUT2D eigenvalue weighted by molar-refractivity contribution is -0.141. The van der Waals surface area contributed by atoms with Gasteiger partial charge in [-0.3, -0.25) is 9.56 Å². The van der Waals surface area contributed by atoms with Crippen LogP contribution in [0.2, 0.25) is 0 Å². The molecule has 1 heterocycles. The lowest BCUT2D eigenvalue weighted by Crippen LogP contribution is -2.23. The van der Waals surface area contributed by atoms with Crippen molar-refractivity contribution in [3.8, 4) is 11.8 Å². The van der Waals surface area contributed by atoms with Crippen molar-refractivity contribution in [2.75, 3.05) is 6.54 Å². The molecule has 8 heteroatoms. The highest BCUT2D eigenvalue weighted by Gasteiger charge is 2.23. The second-order valence-electron chi connectivity index (χ2n) is 3.72. The number of guanidine groups is 1. The van der Waals surface area contributed by atoms with E-state index in [1.54, 1.807) is 0 Å². The second kappa shape index (κ2) is 5.80. The number of hydrogen-bond acceptors (Lipinski definition) is 4. The van der Waals surface area contributed by atoms with Crippen LogP contribution in [0.1, 0.15) is 18.9 Å². The summed E-state index contributed by atoms with van der Waals surface area (Å²) in [6, 6.07) is 1.39. The van der Waals surface area contributed by atoms with E-state index < -0.39 is 12.0 Å². The highest BCUT2D eigenvalue weighted by atomic mass is 16.4. The van der Waals surface area contributed by atoms with Gasteiger partial charge in [0.05, 0.1) is 0 Å². The van der Waals surface area contributed by atoms with Gasteiger partial charge in [0.15, 0.2) is 17.7 Å². The lowest BCUT2D eigenvalue weighted by Gasteiger charge is -2.15. The Bertz CT molecular complexity index is 431. The molecular formula is C10H16N4O4. The molecule has 0 unspecified atom stereocenters. The first-order valence-corrected chi connectivity index (χ1v) is 5.31. The van der Waals surface area contributed by atoms with Crippen LogP contribution in [-0.2, 0) is 4.79 Å². The monoisotopic (exact) mass is 256 g/mol. The molecule has 0 aliphatic heterocycles. The van der Waals surface area contributed by atoms with Gasteiger partial charge < -0.3 is 26.8 Å². The molecule has 0 saturated heterocycles. The van der Waals surface area contributed by atoms with Gasteiger partial charge in [0.1, 0.15) is 6.04 Å². The third-order valence-corrected chi connectivity index (χ3v) is 2.40. The minimum absolute atomic E-state index is 0.0615. The number of aliphatic carboxylic acids is 1. The van der Waals surface area contributed by atoms with Crippen molar-refractivity contribution in [2.45, 2.75) is 18.9 Å². The average molecular weight is 256 g/mol. The Hall–Kier alpha value is -2.38. The summed E-state index contributed by atoms with van der Waals surface area (Å²) >= 11 is 0. The summed E-state index contributed by atoms with van der Waals surface area (Å²) in [5.74, 6) is -1.82. The van der Waals surface area contributed by atoms with Gasteiger partial charge in [-0.15, -0.1) is 0 Å². The van der Waals surface area contributed by atoms with Crippen molar-refractivity contribution in [2.24, 2.45) is 16.5 Å². The summed E-state index contributed by atoms with van der Waals surface area (Å²) in [4.78, 5) is 14.8. The molecule has 0 aromatic carbocycles. The smallest absolute Gasteiger partial charge is 0.326 e. The first-order chi connectivity index (χ1) is 8.43. The predicted molar refractivity (Wildman–Crippen MR) is 64.3 cm³/mol. The van der Waals surface area contributed by atoms with E-state index in [9.17, 15) is 15.0 Å². The minimum Gasteiger partial charge on any atom is -0.494 e. The van der Waals surface area contributed by atoms with Crippen LogP contribution >= 0.6 is 0 Å². The molecule has 0 radical (unpaired) electrons. The normalized spacial score (nSPS) is 12.0. The summed E-state index contributed by atoms with van der Waals surface area (Å²) in [5.41, 5.74) is 10.3. The van der Waals surface area contributed by atoms with Gasteiger partial charge >= 0.3 is 5.97 Å². The van der Waals surface area contributed by atoms with Crippen LogP contribution in [0.5, 0.6) is 11.8 Å². The van der Waals surface area contributed by atoms with Crippen molar-refractivity contribution in [1.82, 2.24) is 4.57 Å². The van der Waals surface area contributed by atoms with E-state index in [1.807, 2.05) is 0 Å². The summed E-state index contributed by atoms with van der Waals surface area (Å²) in [5, 5.41) is 28.0. The number of nitrogens with zero attached hydrogens (tertiary/aromatic N) is 2. The molecule has 100 valence electrons. The molecular weight excluding hydrogens is 240 g/mol. The molecule has 0 spiro atoms.